The first-order valence-electron chi connectivity index (χ1n) is 7.95. The maximum Gasteiger partial charge on any atom is 0.0982 e. The lowest BCUT2D eigenvalue weighted by atomic mass is 9.87. The van der Waals surface area contributed by atoms with E-state index in [2.05, 4.69) is 24.3 Å². The highest BCUT2D eigenvalue weighted by atomic mass is 35.5. The number of halogens is 1. The molecule has 2 N–H and O–H groups in total. The van der Waals surface area contributed by atoms with Crippen LogP contribution < -0.4 is 5.32 Å². The summed E-state index contributed by atoms with van der Waals surface area (Å²) in [6.07, 6.45) is 2.50. The van der Waals surface area contributed by atoms with Crippen molar-refractivity contribution in [2.24, 2.45) is 12.5 Å². The summed E-state index contributed by atoms with van der Waals surface area (Å²) >= 11 is 6.31. The zero-order chi connectivity index (χ0) is 17.0. The number of aromatic nitrogens is 2. The number of benzene rings is 1. The smallest absolute Gasteiger partial charge is 0.0982 e. The minimum absolute atomic E-state index is 0.0426. The molecule has 5 heteroatoms. The van der Waals surface area contributed by atoms with Crippen molar-refractivity contribution in [3.05, 3.63) is 41.0 Å². The maximum absolute atomic E-state index is 9.58. The van der Waals surface area contributed by atoms with Gasteiger partial charge in [-0.3, -0.25) is 4.68 Å². The van der Waals surface area contributed by atoms with Crippen LogP contribution in [0.3, 0.4) is 0 Å². The van der Waals surface area contributed by atoms with E-state index in [9.17, 15) is 5.11 Å². The van der Waals surface area contributed by atoms with Crippen LogP contribution in [-0.2, 0) is 13.6 Å². The van der Waals surface area contributed by atoms with Gasteiger partial charge in [-0.05, 0) is 24.8 Å². The third-order valence-corrected chi connectivity index (χ3v) is 4.13. The Morgan fingerprint density at radius 3 is 2.70 bits per heavy atom. The van der Waals surface area contributed by atoms with Crippen molar-refractivity contribution in [2.75, 3.05) is 6.54 Å². The van der Waals surface area contributed by atoms with Gasteiger partial charge in [-0.15, -0.1) is 0 Å². The van der Waals surface area contributed by atoms with Crippen LogP contribution in [0.1, 0.15) is 32.8 Å². The number of hydrogen-bond donors (Lipinski definition) is 2. The lowest BCUT2D eigenvalue weighted by Crippen LogP contribution is -2.31. The molecule has 2 aromatic rings. The molecule has 1 heterocycles. The Hall–Kier alpha value is -1.36. The molecule has 0 aliphatic heterocycles. The van der Waals surface area contributed by atoms with Gasteiger partial charge in [0.15, 0.2) is 0 Å². The topological polar surface area (TPSA) is 50.1 Å². The van der Waals surface area contributed by atoms with Crippen LogP contribution in [0, 0.1) is 5.41 Å². The van der Waals surface area contributed by atoms with Gasteiger partial charge in [0.05, 0.1) is 16.8 Å². The molecule has 1 aromatic heterocycles. The average molecular weight is 336 g/mol. The van der Waals surface area contributed by atoms with E-state index in [0.29, 0.717) is 5.02 Å². The fourth-order valence-electron chi connectivity index (χ4n) is 2.95. The first-order valence-corrected chi connectivity index (χ1v) is 8.32. The van der Waals surface area contributed by atoms with Crippen molar-refractivity contribution in [1.29, 1.82) is 0 Å². The summed E-state index contributed by atoms with van der Waals surface area (Å²) in [7, 11) is 1.92. The van der Waals surface area contributed by atoms with Crippen molar-refractivity contribution in [3.8, 4) is 11.3 Å². The summed E-state index contributed by atoms with van der Waals surface area (Å²) in [5, 5.41) is 18.3. The Morgan fingerprint density at radius 1 is 1.35 bits per heavy atom. The minimum atomic E-state index is -0.288. The minimum Gasteiger partial charge on any atom is -0.393 e. The van der Waals surface area contributed by atoms with E-state index in [1.807, 2.05) is 49.1 Å². The number of hydrogen-bond acceptors (Lipinski definition) is 3. The number of rotatable bonds is 7. The molecule has 0 bridgehead atoms. The zero-order valence-corrected chi connectivity index (χ0v) is 15.1. The van der Waals surface area contributed by atoms with E-state index in [1.165, 1.54) is 0 Å². The van der Waals surface area contributed by atoms with Gasteiger partial charge in [0.1, 0.15) is 0 Å². The maximum atomic E-state index is 9.58. The summed E-state index contributed by atoms with van der Waals surface area (Å²) in [4.78, 5) is 0. The number of nitrogens with zero attached hydrogens (tertiary/aromatic N) is 2. The van der Waals surface area contributed by atoms with Crippen molar-refractivity contribution in [1.82, 2.24) is 15.1 Å². The largest absolute Gasteiger partial charge is 0.393 e. The predicted molar refractivity (Wildman–Crippen MR) is 95.4 cm³/mol. The molecule has 0 radical (unpaired) electrons. The van der Waals surface area contributed by atoms with E-state index in [1.54, 1.807) is 0 Å². The first kappa shape index (κ1) is 18.0. The molecule has 0 fully saturated rings. The number of nitrogens with one attached hydrogen (secondary N) is 1. The molecule has 0 saturated heterocycles. The normalized spacial score (nSPS) is 13.3. The van der Waals surface area contributed by atoms with Crippen LogP contribution in [0.2, 0.25) is 5.02 Å². The summed E-state index contributed by atoms with van der Waals surface area (Å²) in [6.45, 7) is 7.70. The van der Waals surface area contributed by atoms with Gasteiger partial charge in [-0.1, -0.05) is 43.6 Å². The van der Waals surface area contributed by atoms with E-state index < -0.39 is 0 Å². The quantitative estimate of drug-likeness (QED) is 0.812. The van der Waals surface area contributed by atoms with Crippen LogP contribution >= 0.6 is 11.6 Å². The highest BCUT2D eigenvalue weighted by Gasteiger charge is 2.20. The Kier molecular flexibility index (Phi) is 5.84. The molecule has 1 unspecified atom stereocenters. The van der Waals surface area contributed by atoms with Crippen molar-refractivity contribution in [2.45, 2.75) is 39.8 Å². The van der Waals surface area contributed by atoms with Crippen LogP contribution in [0.15, 0.2) is 30.5 Å². The van der Waals surface area contributed by atoms with Gasteiger partial charge in [-0.2, -0.15) is 5.10 Å². The van der Waals surface area contributed by atoms with E-state index >= 15 is 0 Å². The van der Waals surface area contributed by atoms with Crippen LogP contribution in [-0.4, -0.2) is 27.5 Å². The molecule has 0 aliphatic rings. The van der Waals surface area contributed by atoms with Gasteiger partial charge < -0.3 is 10.4 Å². The number of aliphatic hydroxyl groups excluding tert-OH is 1. The van der Waals surface area contributed by atoms with E-state index in [0.717, 1.165) is 36.3 Å². The second-order valence-corrected chi connectivity index (χ2v) is 7.38. The van der Waals surface area contributed by atoms with Gasteiger partial charge in [0.2, 0.25) is 0 Å². The molecule has 4 nitrogen and oxygen atoms in total. The average Bonchev–Trinajstić information content (AvgIpc) is 2.78. The Bertz CT molecular complexity index is 649. The molecule has 1 aromatic carbocycles. The van der Waals surface area contributed by atoms with E-state index in [4.69, 9.17) is 11.6 Å². The van der Waals surface area contributed by atoms with Crippen LogP contribution in [0.4, 0.5) is 0 Å². The molecular formula is C18H26ClN3O. The second-order valence-electron chi connectivity index (χ2n) is 6.98. The molecule has 0 saturated carbocycles. The Labute approximate surface area is 143 Å². The molecule has 0 aliphatic carbocycles. The number of aryl methyl sites for hydroxylation is 1. The SMILES string of the molecule is CC(O)CC(C)(C)CNCc1cn(C)nc1-c1ccccc1Cl. The van der Waals surface area contributed by atoms with Gasteiger partial charge in [0, 0.05) is 37.5 Å². The predicted octanol–water partition coefficient (Wildman–Crippen LogP) is 3.63. The third-order valence-electron chi connectivity index (χ3n) is 3.80. The lowest BCUT2D eigenvalue weighted by Gasteiger charge is -2.26. The highest BCUT2D eigenvalue weighted by molar-refractivity contribution is 6.33. The molecule has 1 atom stereocenters. The Balaban J connectivity index is 2.09. The molecule has 23 heavy (non-hydrogen) atoms. The van der Waals surface area contributed by atoms with Crippen LogP contribution in [0.5, 0.6) is 0 Å². The molecule has 126 valence electrons. The molecule has 2 rings (SSSR count). The summed E-state index contributed by atoms with van der Waals surface area (Å²) in [6, 6.07) is 7.77. The Morgan fingerprint density at radius 2 is 2.04 bits per heavy atom. The van der Waals surface area contributed by atoms with Crippen molar-refractivity contribution >= 4 is 11.6 Å². The fourth-order valence-corrected chi connectivity index (χ4v) is 3.18. The fraction of sp³-hybridized carbons (Fsp3) is 0.500. The van der Waals surface area contributed by atoms with Gasteiger partial charge >= 0.3 is 0 Å². The molecule has 0 amide bonds. The summed E-state index contributed by atoms with van der Waals surface area (Å²) < 4.78 is 1.82. The first-order chi connectivity index (χ1) is 10.8. The van der Waals surface area contributed by atoms with Gasteiger partial charge in [-0.25, -0.2) is 0 Å². The summed E-state index contributed by atoms with van der Waals surface area (Å²) in [5.74, 6) is 0. The standard InChI is InChI=1S/C18H26ClN3O/c1-13(23)9-18(2,3)12-20-10-14-11-22(4)21-17(14)15-7-5-6-8-16(15)19/h5-8,11,13,20,23H,9-10,12H2,1-4H3. The highest BCUT2D eigenvalue weighted by Crippen LogP contribution is 2.29. The third kappa shape index (κ3) is 5.06. The monoisotopic (exact) mass is 335 g/mol. The van der Waals surface area contributed by atoms with Gasteiger partial charge in [0.25, 0.3) is 0 Å². The van der Waals surface area contributed by atoms with Crippen LogP contribution in [0.25, 0.3) is 11.3 Å². The lowest BCUT2D eigenvalue weighted by molar-refractivity contribution is 0.128. The van der Waals surface area contributed by atoms with E-state index in [-0.39, 0.29) is 11.5 Å². The zero-order valence-electron chi connectivity index (χ0n) is 14.3. The second kappa shape index (κ2) is 7.47. The van der Waals surface area contributed by atoms with Crippen molar-refractivity contribution < 1.29 is 5.11 Å². The van der Waals surface area contributed by atoms with Crippen molar-refractivity contribution in [3.63, 3.8) is 0 Å². The summed E-state index contributed by atoms with van der Waals surface area (Å²) in [5.41, 5.74) is 3.03. The number of aliphatic hydroxyl groups is 1. The molecule has 0 spiro atoms. The molecular weight excluding hydrogens is 310 g/mol.